The molecule has 0 spiro atoms. The molecule has 3 nitrogen and oxygen atoms in total. The van der Waals surface area contributed by atoms with Crippen LogP contribution in [-0.2, 0) is 19.4 Å². The van der Waals surface area contributed by atoms with Crippen molar-refractivity contribution in [1.82, 2.24) is 14.8 Å². The van der Waals surface area contributed by atoms with Crippen molar-refractivity contribution in [2.75, 3.05) is 0 Å². The molecule has 0 aliphatic heterocycles. The van der Waals surface area contributed by atoms with Gasteiger partial charge in [0.15, 0.2) is 10.6 Å². The summed E-state index contributed by atoms with van der Waals surface area (Å²) in [7, 11) is 0. The fraction of sp³-hybridized carbons (Fsp3) is 0.333. The van der Waals surface area contributed by atoms with Gasteiger partial charge in [-0.25, -0.2) is 0 Å². The Hall–Kier alpha value is -1.72. The van der Waals surface area contributed by atoms with E-state index in [1.54, 1.807) is 0 Å². The van der Waals surface area contributed by atoms with E-state index in [0.717, 1.165) is 24.7 Å². The minimum atomic E-state index is 0.688. The summed E-state index contributed by atoms with van der Waals surface area (Å²) in [5.74, 6) is 1.77. The van der Waals surface area contributed by atoms with Crippen LogP contribution in [-0.4, -0.2) is 14.8 Å². The maximum atomic E-state index is 5.47. The number of benzene rings is 1. The largest absolute Gasteiger partial charge is 0.296 e. The van der Waals surface area contributed by atoms with E-state index >= 15 is 0 Å². The summed E-state index contributed by atoms with van der Waals surface area (Å²) >= 11 is 7.34. The SMILES string of the molecule is C[C@@H]1CCc2c(-c3n[nH]c(=S)n3Cc3ccccc3)csc2C1. The van der Waals surface area contributed by atoms with Gasteiger partial charge < -0.3 is 0 Å². The van der Waals surface area contributed by atoms with Crippen molar-refractivity contribution < 1.29 is 0 Å². The van der Waals surface area contributed by atoms with Crippen LogP contribution >= 0.6 is 23.6 Å². The van der Waals surface area contributed by atoms with Crippen LogP contribution in [0.5, 0.6) is 0 Å². The highest BCUT2D eigenvalue weighted by molar-refractivity contribution is 7.71. The lowest BCUT2D eigenvalue weighted by atomic mass is 9.88. The fourth-order valence-electron chi connectivity index (χ4n) is 3.30. The number of aromatic amines is 1. The lowest BCUT2D eigenvalue weighted by Gasteiger charge is -2.19. The second-order valence-corrected chi connectivity index (χ2v) is 7.67. The first kappa shape index (κ1) is 14.8. The predicted octanol–water partition coefficient (Wildman–Crippen LogP) is 4.84. The topological polar surface area (TPSA) is 33.6 Å². The number of thiophene rings is 1. The molecule has 2 aromatic heterocycles. The van der Waals surface area contributed by atoms with Crippen LogP contribution in [0.4, 0.5) is 0 Å². The first-order valence-corrected chi connectivity index (χ1v) is 9.30. The number of fused-ring (bicyclic) bond motifs is 1. The van der Waals surface area contributed by atoms with Gasteiger partial charge in [0, 0.05) is 15.8 Å². The first-order valence-electron chi connectivity index (χ1n) is 8.01. The average molecular weight is 342 g/mol. The van der Waals surface area contributed by atoms with E-state index in [1.165, 1.54) is 34.4 Å². The molecule has 1 aromatic carbocycles. The summed E-state index contributed by atoms with van der Waals surface area (Å²) in [6.45, 7) is 3.10. The maximum absolute atomic E-state index is 5.47. The molecule has 0 fully saturated rings. The highest BCUT2D eigenvalue weighted by atomic mass is 32.1. The highest BCUT2D eigenvalue weighted by Crippen LogP contribution is 2.37. The van der Waals surface area contributed by atoms with Gasteiger partial charge in [-0.2, -0.15) is 5.10 Å². The second-order valence-electron chi connectivity index (χ2n) is 6.32. The molecule has 0 unspecified atom stereocenters. The minimum Gasteiger partial charge on any atom is -0.296 e. The Morgan fingerprint density at radius 1 is 1.35 bits per heavy atom. The third-order valence-corrected chi connectivity index (χ3v) is 5.95. The monoisotopic (exact) mass is 341 g/mol. The molecule has 0 saturated carbocycles. The molecular formula is C18H19N3S2. The van der Waals surface area contributed by atoms with E-state index in [9.17, 15) is 0 Å². The summed E-state index contributed by atoms with van der Waals surface area (Å²) in [5.41, 5.74) is 3.99. The van der Waals surface area contributed by atoms with Crippen LogP contribution in [0.3, 0.4) is 0 Å². The molecule has 1 aliphatic carbocycles. The number of rotatable bonds is 3. The molecule has 0 bridgehead atoms. The Morgan fingerprint density at radius 2 is 2.17 bits per heavy atom. The molecule has 1 N–H and O–H groups in total. The maximum Gasteiger partial charge on any atom is 0.195 e. The smallest absolute Gasteiger partial charge is 0.195 e. The molecule has 2 heterocycles. The van der Waals surface area contributed by atoms with Gasteiger partial charge in [0.2, 0.25) is 0 Å². The number of H-pyrrole nitrogens is 1. The van der Waals surface area contributed by atoms with Gasteiger partial charge in [0.25, 0.3) is 0 Å². The molecule has 0 amide bonds. The van der Waals surface area contributed by atoms with Crippen LogP contribution in [0.2, 0.25) is 0 Å². The number of hydrogen-bond donors (Lipinski definition) is 1. The molecule has 118 valence electrons. The summed E-state index contributed by atoms with van der Waals surface area (Å²) in [6, 6.07) is 10.4. The van der Waals surface area contributed by atoms with E-state index < -0.39 is 0 Å². The van der Waals surface area contributed by atoms with Crippen LogP contribution in [0.15, 0.2) is 35.7 Å². The van der Waals surface area contributed by atoms with Crippen LogP contribution in [0.1, 0.15) is 29.3 Å². The van der Waals surface area contributed by atoms with Crippen LogP contribution in [0, 0.1) is 10.7 Å². The van der Waals surface area contributed by atoms with E-state index in [0.29, 0.717) is 4.77 Å². The van der Waals surface area contributed by atoms with Gasteiger partial charge in [-0.05, 0) is 48.5 Å². The van der Waals surface area contributed by atoms with Gasteiger partial charge in [-0.15, -0.1) is 11.3 Å². The number of nitrogens with zero attached hydrogens (tertiary/aromatic N) is 2. The minimum absolute atomic E-state index is 0.688. The zero-order valence-corrected chi connectivity index (χ0v) is 14.7. The van der Waals surface area contributed by atoms with Gasteiger partial charge in [-0.3, -0.25) is 9.67 Å². The van der Waals surface area contributed by atoms with Gasteiger partial charge >= 0.3 is 0 Å². The van der Waals surface area contributed by atoms with Gasteiger partial charge in [-0.1, -0.05) is 37.3 Å². The van der Waals surface area contributed by atoms with Crippen molar-refractivity contribution in [2.24, 2.45) is 5.92 Å². The molecule has 1 atom stereocenters. The van der Waals surface area contributed by atoms with Crippen molar-refractivity contribution in [2.45, 2.75) is 32.7 Å². The van der Waals surface area contributed by atoms with E-state index in [4.69, 9.17) is 12.2 Å². The lowest BCUT2D eigenvalue weighted by Crippen LogP contribution is -2.10. The van der Waals surface area contributed by atoms with Crippen molar-refractivity contribution in [3.63, 3.8) is 0 Å². The number of nitrogens with one attached hydrogen (secondary N) is 1. The standard InChI is InChI=1S/C18H19N3S2/c1-12-7-8-14-15(11-23-16(14)9-12)17-19-20-18(22)21(17)10-13-5-3-2-4-6-13/h2-6,11-12H,7-10H2,1H3,(H,20,22)/t12-/m1/s1. The summed E-state index contributed by atoms with van der Waals surface area (Å²) in [6.07, 6.45) is 3.62. The highest BCUT2D eigenvalue weighted by Gasteiger charge is 2.23. The molecule has 4 rings (SSSR count). The molecular weight excluding hydrogens is 322 g/mol. The van der Waals surface area contributed by atoms with Crippen molar-refractivity contribution >= 4 is 23.6 Å². The Morgan fingerprint density at radius 3 is 3.00 bits per heavy atom. The zero-order chi connectivity index (χ0) is 15.8. The molecule has 1 aliphatic rings. The molecule has 3 aromatic rings. The normalized spacial score (nSPS) is 17.2. The van der Waals surface area contributed by atoms with E-state index in [1.807, 2.05) is 17.4 Å². The van der Waals surface area contributed by atoms with Crippen molar-refractivity contribution in [1.29, 1.82) is 0 Å². The quantitative estimate of drug-likeness (QED) is 0.691. The predicted molar refractivity (Wildman–Crippen MR) is 97.5 cm³/mol. The molecule has 0 radical (unpaired) electrons. The number of hydrogen-bond acceptors (Lipinski definition) is 3. The van der Waals surface area contributed by atoms with Gasteiger partial charge in [0.05, 0.1) is 6.54 Å². The fourth-order valence-corrected chi connectivity index (χ4v) is 4.74. The second kappa shape index (κ2) is 6.06. The first-order chi connectivity index (χ1) is 11.2. The molecule has 0 saturated heterocycles. The number of aromatic nitrogens is 3. The third kappa shape index (κ3) is 2.79. The Bertz CT molecular complexity index is 873. The van der Waals surface area contributed by atoms with Crippen LogP contribution in [0.25, 0.3) is 11.4 Å². The Balaban J connectivity index is 1.75. The van der Waals surface area contributed by atoms with Crippen LogP contribution < -0.4 is 0 Å². The zero-order valence-electron chi connectivity index (χ0n) is 13.1. The average Bonchev–Trinajstić information content (AvgIpc) is 3.12. The molecule has 5 heteroatoms. The molecule has 23 heavy (non-hydrogen) atoms. The Labute approximate surface area is 145 Å². The lowest BCUT2D eigenvalue weighted by molar-refractivity contribution is 0.508. The summed E-state index contributed by atoms with van der Waals surface area (Å²) in [5, 5.41) is 9.77. The van der Waals surface area contributed by atoms with Crippen molar-refractivity contribution in [3.8, 4) is 11.4 Å². The summed E-state index contributed by atoms with van der Waals surface area (Å²) in [4.78, 5) is 1.53. The van der Waals surface area contributed by atoms with Gasteiger partial charge in [0.1, 0.15) is 0 Å². The Kier molecular flexibility index (Phi) is 3.91. The van der Waals surface area contributed by atoms with E-state index in [2.05, 4.69) is 51.3 Å². The van der Waals surface area contributed by atoms with E-state index in [-0.39, 0.29) is 0 Å². The third-order valence-electron chi connectivity index (χ3n) is 4.58. The summed E-state index contributed by atoms with van der Waals surface area (Å²) < 4.78 is 2.80. The van der Waals surface area contributed by atoms with Crippen molar-refractivity contribution in [3.05, 3.63) is 56.5 Å².